The summed E-state index contributed by atoms with van der Waals surface area (Å²) in [4.78, 5) is 40.4. The van der Waals surface area contributed by atoms with Gasteiger partial charge in [0.05, 0.1) is 36.8 Å². The molecule has 0 aliphatic carbocycles. The Bertz CT molecular complexity index is 737. The van der Waals surface area contributed by atoms with Crippen LogP contribution in [0.3, 0.4) is 0 Å². The van der Waals surface area contributed by atoms with Crippen LogP contribution in [0.1, 0.15) is 27.6 Å². The van der Waals surface area contributed by atoms with E-state index in [2.05, 4.69) is 0 Å². The van der Waals surface area contributed by atoms with Crippen LogP contribution in [-0.2, 0) is 9.53 Å². The van der Waals surface area contributed by atoms with E-state index in [4.69, 9.17) is 13.6 Å². The van der Waals surface area contributed by atoms with Crippen molar-refractivity contribution in [1.82, 2.24) is 9.80 Å². The number of hydrogen-bond acceptors (Lipinski definition) is 6. The van der Waals surface area contributed by atoms with E-state index >= 15 is 0 Å². The molecule has 0 saturated carbocycles. The summed E-state index contributed by atoms with van der Waals surface area (Å²) < 4.78 is 15.0. The van der Waals surface area contributed by atoms with Gasteiger partial charge in [0.2, 0.25) is 0 Å². The third-order valence-corrected chi connectivity index (χ3v) is 4.02. The molecule has 132 valence electrons. The summed E-state index contributed by atoms with van der Waals surface area (Å²) in [6, 6.07) is 2.23. The molecule has 0 spiro atoms. The lowest BCUT2D eigenvalue weighted by atomic mass is 10.1. The van der Waals surface area contributed by atoms with Gasteiger partial charge >= 0.3 is 5.97 Å². The Balaban J connectivity index is 1.80. The lowest BCUT2D eigenvalue weighted by molar-refractivity contribution is -0.150. The Morgan fingerprint density at radius 3 is 2.28 bits per heavy atom. The van der Waals surface area contributed by atoms with E-state index in [1.54, 1.807) is 13.0 Å². The zero-order valence-corrected chi connectivity index (χ0v) is 13.7. The van der Waals surface area contributed by atoms with Gasteiger partial charge in [-0.2, -0.15) is 0 Å². The molecule has 1 saturated heterocycles. The molecule has 1 aliphatic rings. The molecule has 2 aromatic rings. The molecule has 8 nitrogen and oxygen atoms in total. The molecule has 0 aromatic carbocycles. The SMILES string of the molecule is CCOC(=O)[C@H]1CN(C(=O)c2ccoc2)CCN1C(=O)c1ccoc1. The van der Waals surface area contributed by atoms with Gasteiger partial charge in [-0.15, -0.1) is 0 Å². The van der Waals surface area contributed by atoms with Gasteiger partial charge in [-0.3, -0.25) is 9.59 Å². The third kappa shape index (κ3) is 3.42. The smallest absolute Gasteiger partial charge is 0.330 e. The molecule has 8 heteroatoms. The number of carbonyl (C=O) groups is 3. The van der Waals surface area contributed by atoms with Crippen molar-refractivity contribution in [2.24, 2.45) is 0 Å². The zero-order valence-electron chi connectivity index (χ0n) is 13.7. The highest BCUT2D eigenvalue weighted by molar-refractivity contribution is 5.98. The molecule has 1 fully saturated rings. The second kappa shape index (κ2) is 7.25. The van der Waals surface area contributed by atoms with Crippen LogP contribution in [-0.4, -0.2) is 59.9 Å². The normalized spacial score (nSPS) is 17.4. The fourth-order valence-electron chi connectivity index (χ4n) is 2.77. The van der Waals surface area contributed by atoms with Crippen LogP contribution < -0.4 is 0 Å². The number of carbonyl (C=O) groups excluding carboxylic acids is 3. The van der Waals surface area contributed by atoms with Gasteiger partial charge in [0.15, 0.2) is 0 Å². The van der Waals surface area contributed by atoms with E-state index in [1.807, 2.05) is 0 Å². The third-order valence-electron chi connectivity index (χ3n) is 4.02. The van der Waals surface area contributed by atoms with Crippen molar-refractivity contribution >= 4 is 17.8 Å². The molecule has 1 atom stereocenters. The molecule has 2 aromatic heterocycles. The van der Waals surface area contributed by atoms with Gasteiger partial charge in [-0.05, 0) is 19.1 Å². The van der Waals surface area contributed by atoms with E-state index < -0.39 is 12.0 Å². The maximum absolute atomic E-state index is 12.6. The molecule has 3 heterocycles. The minimum atomic E-state index is -0.869. The van der Waals surface area contributed by atoms with Crippen LogP contribution in [0.4, 0.5) is 0 Å². The first kappa shape index (κ1) is 16.8. The summed E-state index contributed by atoms with van der Waals surface area (Å²) in [7, 11) is 0. The van der Waals surface area contributed by atoms with E-state index in [9.17, 15) is 14.4 Å². The Morgan fingerprint density at radius 2 is 1.72 bits per heavy atom. The minimum Gasteiger partial charge on any atom is -0.472 e. The monoisotopic (exact) mass is 346 g/mol. The van der Waals surface area contributed by atoms with Crippen molar-refractivity contribution in [2.75, 3.05) is 26.2 Å². The highest BCUT2D eigenvalue weighted by Gasteiger charge is 2.38. The Kier molecular flexibility index (Phi) is 4.87. The van der Waals surface area contributed by atoms with Gasteiger partial charge in [0.1, 0.15) is 18.6 Å². The van der Waals surface area contributed by atoms with Crippen molar-refractivity contribution in [2.45, 2.75) is 13.0 Å². The lowest BCUT2D eigenvalue weighted by Crippen LogP contribution is -2.59. The first-order valence-electron chi connectivity index (χ1n) is 7.93. The number of furan rings is 2. The maximum Gasteiger partial charge on any atom is 0.330 e. The molecule has 0 unspecified atom stereocenters. The Morgan fingerprint density at radius 1 is 1.08 bits per heavy atom. The van der Waals surface area contributed by atoms with Crippen molar-refractivity contribution in [3.63, 3.8) is 0 Å². The number of esters is 1. The highest BCUT2D eigenvalue weighted by Crippen LogP contribution is 2.18. The first-order valence-corrected chi connectivity index (χ1v) is 7.93. The molecule has 1 aliphatic heterocycles. The molecule has 2 amide bonds. The summed E-state index contributed by atoms with van der Waals surface area (Å²) in [5.74, 6) is -1.12. The van der Waals surface area contributed by atoms with Gasteiger partial charge in [-0.25, -0.2) is 4.79 Å². The topological polar surface area (TPSA) is 93.2 Å². The number of hydrogen-bond donors (Lipinski definition) is 0. The largest absolute Gasteiger partial charge is 0.472 e. The summed E-state index contributed by atoms with van der Waals surface area (Å²) in [5.41, 5.74) is 0.751. The first-order chi connectivity index (χ1) is 12.1. The van der Waals surface area contributed by atoms with Crippen LogP contribution in [0, 0.1) is 0 Å². The van der Waals surface area contributed by atoms with Crippen LogP contribution in [0.15, 0.2) is 46.0 Å². The van der Waals surface area contributed by atoms with Gasteiger partial charge in [0.25, 0.3) is 11.8 Å². The fraction of sp³-hybridized carbons (Fsp3) is 0.353. The Hall–Kier alpha value is -3.03. The van der Waals surface area contributed by atoms with E-state index in [1.165, 1.54) is 40.9 Å². The summed E-state index contributed by atoms with van der Waals surface area (Å²) >= 11 is 0. The molecule has 25 heavy (non-hydrogen) atoms. The van der Waals surface area contributed by atoms with Crippen molar-refractivity contribution in [3.8, 4) is 0 Å². The average molecular weight is 346 g/mol. The number of amides is 2. The molecule has 0 radical (unpaired) electrons. The molecule has 0 N–H and O–H groups in total. The van der Waals surface area contributed by atoms with Crippen molar-refractivity contribution in [3.05, 3.63) is 48.3 Å². The second-order valence-corrected chi connectivity index (χ2v) is 5.54. The summed E-state index contributed by atoms with van der Waals surface area (Å²) in [6.45, 7) is 2.48. The minimum absolute atomic E-state index is 0.0619. The predicted octanol–water partition coefficient (Wildman–Crippen LogP) is 1.40. The van der Waals surface area contributed by atoms with Crippen LogP contribution in [0.5, 0.6) is 0 Å². The van der Waals surface area contributed by atoms with Gasteiger partial charge in [-0.1, -0.05) is 0 Å². The van der Waals surface area contributed by atoms with Crippen LogP contribution >= 0.6 is 0 Å². The lowest BCUT2D eigenvalue weighted by Gasteiger charge is -2.39. The predicted molar refractivity (Wildman–Crippen MR) is 84.8 cm³/mol. The second-order valence-electron chi connectivity index (χ2n) is 5.54. The number of nitrogens with zero attached hydrogens (tertiary/aromatic N) is 2. The number of rotatable bonds is 4. The summed E-state index contributed by atoms with van der Waals surface area (Å²) in [5, 5.41) is 0. The zero-order chi connectivity index (χ0) is 17.8. The Labute approximate surface area is 143 Å². The molecule has 0 bridgehead atoms. The van der Waals surface area contributed by atoms with E-state index in [0.717, 1.165) is 0 Å². The fourth-order valence-corrected chi connectivity index (χ4v) is 2.77. The molecular formula is C17H18N2O6. The molecule has 3 rings (SSSR count). The summed E-state index contributed by atoms with van der Waals surface area (Å²) in [6.07, 6.45) is 5.48. The average Bonchev–Trinajstić information content (AvgIpc) is 3.33. The van der Waals surface area contributed by atoms with Crippen LogP contribution in [0.25, 0.3) is 0 Å². The van der Waals surface area contributed by atoms with Crippen molar-refractivity contribution < 1.29 is 28.0 Å². The van der Waals surface area contributed by atoms with Crippen molar-refractivity contribution in [1.29, 1.82) is 0 Å². The van der Waals surface area contributed by atoms with E-state index in [0.29, 0.717) is 17.7 Å². The van der Waals surface area contributed by atoms with Crippen LogP contribution in [0.2, 0.25) is 0 Å². The molecular weight excluding hydrogens is 328 g/mol. The standard InChI is InChI=1S/C17H18N2O6/c1-2-25-17(22)14-9-18(15(20)12-3-7-23-10-12)5-6-19(14)16(21)13-4-8-24-11-13/h3-4,7-8,10-11,14H,2,5-6,9H2,1H3/t14-/m1/s1. The maximum atomic E-state index is 12.6. The van der Waals surface area contributed by atoms with E-state index in [-0.39, 0.29) is 31.5 Å². The number of ether oxygens (including phenoxy) is 1. The quantitative estimate of drug-likeness (QED) is 0.777. The van der Waals surface area contributed by atoms with Gasteiger partial charge in [0, 0.05) is 13.1 Å². The number of piperazine rings is 1. The van der Waals surface area contributed by atoms with Gasteiger partial charge < -0.3 is 23.4 Å². The highest BCUT2D eigenvalue weighted by atomic mass is 16.5.